The van der Waals surface area contributed by atoms with Gasteiger partial charge in [0.1, 0.15) is 5.82 Å². The van der Waals surface area contributed by atoms with Gasteiger partial charge in [0.2, 0.25) is 0 Å². The van der Waals surface area contributed by atoms with Crippen molar-refractivity contribution in [3.63, 3.8) is 0 Å². The average Bonchev–Trinajstić information content (AvgIpc) is 2.43. The lowest BCUT2D eigenvalue weighted by Gasteiger charge is -2.38. The number of piperidine rings is 1. The number of likely N-dealkylation sites (tertiary alicyclic amines) is 1. The number of rotatable bonds is 4. The first-order valence-corrected chi connectivity index (χ1v) is 8.22. The minimum atomic E-state index is 0.564. The molecule has 0 radical (unpaired) electrons. The van der Waals surface area contributed by atoms with Gasteiger partial charge in [0.05, 0.1) is 0 Å². The largest absolute Gasteiger partial charge is 0.367 e. The first kappa shape index (κ1) is 13.9. The second kappa shape index (κ2) is 6.13. The Bertz CT molecular complexity index is 422. The average molecular weight is 273 g/mol. The second-order valence-electron chi connectivity index (χ2n) is 6.59. The molecule has 0 aromatic carbocycles. The number of anilines is 1. The third kappa shape index (κ3) is 2.98. The van der Waals surface area contributed by atoms with Gasteiger partial charge in [0.15, 0.2) is 0 Å². The Labute approximate surface area is 122 Å². The molecule has 1 aromatic heterocycles. The first-order chi connectivity index (χ1) is 9.74. The molecule has 1 saturated carbocycles. The van der Waals surface area contributed by atoms with Crippen LogP contribution in [0.5, 0.6) is 0 Å². The smallest absolute Gasteiger partial charge is 0.126 e. The van der Waals surface area contributed by atoms with Gasteiger partial charge >= 0.3 is 0 Å². The van der Waals surface area contributed by atoms with Crippen LogP contribution in [0.25, 0.3) is 0 Å². The van der Waals surface area contributed by atoms with Crippen molar-refractivity contribution < 1.29 is 0 Å². The molecule has 0 spiro atoms. The van der Waals surface area contributed by atoms with E-state index in [1.54, 1.807) is 0 Å². The van der Waals surface area contributed by atoms with Gasteiger partial charge in [0.25, 0.3) is 0 Å². The van der Waals surface area contributed by atoms with E-state index in [1.807, 2.05) is 0 Å². The highest BCUT2D eigenvalue weighted by atomic mass is 15.2. The summed E-state index contributed by atoms with van der Waals surface area (Å²) in [4.78, 5) is 7.26. The maximum Gasteiger partial charge on any atom is 0.126 e. The molecule has 1 aromatic rings. The Morgan fingerprint density at radius 2 is 2.00 bits per heavy atom. The molecule has 3 heteroatoms. The Morgan fingerprint density at radius 1 is 1.15 bits per heavy atom. The summed E-state index contributed by atoms with van der Waals surface area (Å²) in [5.41, 5.74) is 1.39. The van der Waals surface area contributed by atoms with Crippen molar-refractivity contribution in [2.45, 2.75) is 70.5 Å². The lowest BCUT2D eigenvalue weighted by Crippen LogP contribution is -2.38. The van der Waals surface area contributed by atoms with Crippen LogP contribution < -0.4 is 5.32 Å². The summed E-state index contributed by atoms with van der Waals surface area (Å²) >= 11 is 0. The van der Waals surface area contributed by atoms with Gasteiger partial charge in [-0.05, 0) is 64.1 Å². The molecule has 0 bridgehead atoms. The van der Waals surface area contributed by atoms with Gasteiger partial charge < -0.3 is 5.32 Å². The number of pyridine rings is 1. The Kier molecular flexibility index (Phi) is 4.25. The van der Waals surface area contributed by atoms with Gasteiger partial charge in [0, 0.05) is 24.3 Å². The zero-order valence-corrected chi connectivity index (χ0v) is 12.8. The van der Waals surface area contributed by atoms with E-state index in [-0.39, 0.29) is 0 Å². The number of nitrogens with one attached hydrogen (secondary N) is 1. The fourth-order valence-electron chi connectivity index (χ4n) is 3.38. The first-order valence-electron chi connectivity index (χ1n) is 8.22. The standard InChI is InChI=1S/C17H27N3/c1-13(2)20-11-4-3-8-16(20)14-9-10-17(18-12-14)19-15-6-5-7-15/h9-10,12-13,15-16H,3-8,11H2,1-2H3,(H,18,19). The zero-order chi connectivity index (χ0) is 13.9. The minimum absolute atomic E-state index is 0.564. The maximum absolute atomic E-state index is 4.63. The summed E-state index contributed by atoms with van der Waals surface area (Å²) in [6.45, 7) is 5.83. The quantitative estimate of drug-likeness (QED) is 0.899. The minimum Gasteiger partial charge on any atom is -0.367 e. The molecule has 1 aliphatic carbocycles. The van der Waals surface area contributed by atoms with Crippen LogP contribution in [0.2, 0.25) is 0 Å². The van der Waals surface area contributed by atoms with Crippen molar-refractivity contribution in [1.82, 2.24) is 9.88 Å². The highest BCUT2D eigenvalue weighted by molar-refractivity contribution is 5.38. The van der Waals surface area contributed by atoms with Gasteiger partial charge in [-0.2, -0.15) is 0 Å². The van der Waals surface area contributed by atoms with Gasteiger partial charge in [-0.15, -0.1) is 0 Å². The lowest BCUT2D eigenvalue weighted by molar-refractivity contribution is 0.112. The SMILES string of the molecule is CC(C)N1CCCCC1c1ccc(NC2CCC2)nc1. The fourth-order valence-corrected chi connectivity index (χ4v) is 3.38. The molecular formula is C17H27N3. The third-order valence-corrected chi connectivity index (χ3v) is 4.84. The Hall–Kier alpha value is -1.09. The highest BCUT2D eigenvalue weighted by Gasteiger charge is 2.26. The van der Waals surface area contributed by atoms with Gasteiger partial charge in [-0.3, -0.25) is 4.90 Å². The molecule has 1 saturated heterocycles. The molecular weight excluding hydrogens is 246 g/mol. The molecule has 0 amide bonds. The Morgan fingerprint density at radius 3 is 2.60 bits per heavy atom. The van der Waals surface area contributed by atoms with Crippen LogP contribution in [0, 0.1) is 0 Å². The molecule has 2 fully saturated rings. The predicted octanol–water partition coefficient (Wildman–Crippen LogP) is 3.98. The molecule has 1 unspecified atom stereocenters. The lowest BCUT2D eigenvalue weighted by atomic mass is 9.93. The molecule has 3 rings (SSSR count). The number of aromatic nitrogens is 1. The van der Waals surface area contributed by atoms with Crippen LogP contribution in [0.3, 0.4) is 0 Å². The summed E-state index contributed by atoms with van der Waals surface area (Å²) in [6.07, 6.45) is 10.0. The number of hydrogen-bond acceptors (Lipinski definition) is 3. The predicted molar refractivity (Wildman–Crippen MR) is 83.9 cm³/mol. The summed E-state index contributed by atoms with van der Waals surface area (Å²) < 4.78 is 0. The number of nitrogens with zero attached hydrogens (tertiary/aromatic N) is 2. The zero-order valence-electron chi connectivity index (χ0n) is 12.8. The summed E-state index contributed by atoms with van der Waals surface area (Å²) in [5, 5.41) is 3.52. The van der Waals surface area contributed by atoms with E-state index >= 15 is 0 Å². The van der Waals surface area contributed by atoms with Crippen molar-refractivity contribution in [2.24, 2.45) is 0 Å². The molecule has 1 aliphatic heterocycles. The van der Waals surface area contributed by atoms with E-state index in [4.69, 9.17) is 0 Å². The van der Waals surface area contributed by atoms with E-state index < -0.39 is 0 Å². The summed E-state index contributed by atoms with van der Waals surface area (Å²) in [6, 6.07) is 6.29. The van der Waals surface area contributed by atoms with Crippen molar-refractivity contribution in [3.8, 4) is 0 Å². The summed E-state index contributed by atoms with van der Waals surface area (Å²) in [7, 11) is 0. The Balaban J connectivity index is 1.68. The number of hydrogen-bond donors (Lipinski definition) is 1. The molecule has 110 valence electrons. The summed E-state index contributed by atoms with van der Waals surface area (Å²) in [5.74, 6) is 1.05. The molecule has 2 heterocycles. The molecule has 1 atom stereocenters. The molecule has 1 N–H and O–H groups in total. The van der Waals surface area contributed by atoms with Crippen LogP contribution in [0.4, 0.5) is 5.82 Å². The van der Waals surface area contributed by atoms with Crippen LogP contribution in [0.15, 0.2) is 18.3 Å². The van der Waals surface area contributed by atoms with E-state index in [2.05, 4.69) is 47.4 Å². The van der Waals surface area contributed by atoms with E-state index in [0.29, 0.717) is 18.1 Å². The van der Waals surface area contributed by atoms with E-state index in [1.165, 1.54) is 50.6 Å². The van der Waals surface area contributed by atoms with Crippen LogP contribution >= 0.6 is 0 Å². The molecule has 3 nitrogen and oxygen atoms in total. The van der Waals surface area contributed by atoms with E-state index in [9.17, 15) is 0 Å². The van der Waals surface area contributed by atoms with Crippen LogP contribution in [0.1, 0.15) is 64.0 Å². The van der Waals surface area contributed by atoms with Crippen LogP contribution in [-0.2, 0) is 0 Å². The highest BCUT2D eigenvalue weighted by Crippen LogP contribution is 2.32. The maximum atomic E-state index is 4.63. The molecule has 20 heavy (non-hydrogen) atoms. The van der Waals surface area contributed by atoms with Gasteiger partial charge in [-0.1, -0.05) is 12.5 Å². The van der Waals surface area contributed by atoms with E-state index in [0.717, 1.165) is 5.82 Å². The topological polar surface area (TPSA) is 28.2 Å². The van der Waals surface area contributed by atoms with Crippen molar-refractivity contribution in [3.05, 3.63) is 23.9 Å². The normalized spacial score (nSPS) is 24.6. The van der Waals surface area contributed by atoms with Crippen molar-refractivity contribution in [1.29, 1.82) is 0 Å². The molecule has 2 aliphatic rings. The monoisotopic (exact) mass is 273 g/mol. The van der Waals surface area contributed by atoms with Crippen molar-refractivity contribution in [2.75, 3.05) is 11.9 Å². The fraction of sp³-hybridized carbons (Fsp3) is 0.706. The van der Waals surface area contributed by atoms with Gasteiger partial charge in [-0.25, -0.2) is 4.98 Å². The van der Waals surface area contributed by atoms with Crippen LogP contribution in [-0.4, -0.2) is 28.5 Å². The van der Waals surface area contributed by atoms with Crippen molar-refractivity contribution >= 4 is 5.82 Å². The third-order valence-electron chi connectivity index (χ3n) is 4.84. The second-order valence-corrected chi connectivity index (χ2v) is 6.59.